The molecule has 2 nitrogen and oxygen atoms in total. The van der Waals surface area contributed by atoms with Gasteiger partial charge in [0.2, 0.25) is 0 Å². The average molecular weight is 157 g/mol. The Hall–Kier alpha value is -0.370. The lowest BCUT2D eigenvalue weighted by Crippen LogP contribution is -2.40. The summed E-state index contributed by atoms with van der Waals surface area (Å²) in [6.07, 6.45) is 0. The molecule has 0 aromatic heterocycles. The Kier molecular flexibility index (Phi) is 3.73. The monoisotopic (exact) mass is 157 g/mol. The van der Waals surface area contributed by atoms with E-state index in [2.05, 4.69) is 26.1 Å². The van der Waals surface area contributed by atoms with Gasteiger partial charge in [0.05, 0.1) is 6.54 Å². The van der Waals surface area contributed by atoms with Crippen molar-refractivity contribution in [1.29, 1.82) is 0 Å². The van der Waals surface area contributed by atoms with Crippen molar-refractivity contribution in [2.45, 2.75) is 40.2 Å². The summed E-state index contributed by atoms with van der Waals surface area (Å²) in [4.78, 5) is 11.1. The second-order valence-corrected chi connectivity index (χ2v) is 4.22. The normalized spacial score (nSPS) is 12.2. The molecule has 0 aliphatic carbocycles. The van der Waals surface area contributed by atoms with Gasteiger partial charge in [0.1, 0.15) is 5.78 Å². The van der Waals surface area contributed by atoms with Crippen LogP contribution in [0.1, 0.15) is 34.6 Å². The van der Waals surface area contributed by atoms with Crippen molar-refractivity contribution in [3.05, 3.63) is 0 Å². The molecular weight excluding hydrogens is 138 g/mol. The van der Waals surface area contributed by atoms with E-state index >= 15 is 0 Å². The topological polar surface area (TPSA) is 29.1 Å². The maximum Gasteiger partial charge on any atom is 0.149 e. The number of nitrogens with one attached hydrogen (secondary N) is 1. The van der Waals surface area contributed by atoms with Crippen molar-refractivity contribution < 1.29 is 4.79 Å². The van der Waals surface area contributed by atoms with Gasteiger partial charge in [-0.15, -0.1) is 0 Å². The molecule has 2 heteroatoms. The van der Waals surface area contributed by atoms with Crippen molar-refractivity contribution in [3.8, 4) is 0 Å². The number of carbonyl (C=O) groups excluding carboxylic acids is 1. The van der Waals surface area contributed by atoms with E-state index in [1.54, 1.807) is 0 Å². The highest BCUT2D eigenvalue weighted by Crippen LogP contribution is 1.99. The Labute approximate surface area is 69.4 Å². The smallest absolute Gasteiger partial charge is 0.149 e. The first-order valence-electron chi connectivity index (χ1n) is 4.10. The third-order valence-corrected chi connectivity index (χ3v) is 1.44. The first-order chi connectivity index (χ1) is 4.83. The fourth-order valence-electron chi connectivity index (χ4n) is 0.556. The second-order valence-electron chi connectivity index (χ2n) is 4.22. The lowest BCUT2D eigenvalue weighted by atomic mass is 10.1. The lowest BCUT2D eigenvalue weighted by Gasteiger charge is -2.20. The van der Waals surface area contributed by atoms with Gasteiger partial charge in [0.15, 0.2) is 0 Å². The molecule has 0 saturated carbocycles. The molecule has 0 amide bonds. The van der Waals surface area contributed by atoms with E-state index in [0.29, 0.717) is 6.54 Å². The third-order valence-electron chi connectivity index (χ3n) is 1.44. The molecule has 0 bridgehead atoms. The molecular formula is C9H19NO. The molecule has 0 atom stereocenters. The highest BCUT2D eigenvalue weighted by atomic mass is 16.1. The molecule has 0 aliphatic rings. The van der Waals surface area contributed by atoms with Gasteiger partial charge in [0.25, 0.3) is 0 Å². The summed E-state index contributed by atoms with van der Waals surface area (Å²) in [6.45, 7) is 10.5. The quantitative estimate of drug-likeness (QED) is 0.674. The lowest BCUT2D eigenvalue weighted by molar-refractivity contribution is -0.121. The van der Waals surface area contributed by atoms with Crippen LogP contribution in [0.15, 0.2) is 0 Å². The minimum atomic E-state index is 0.0462. The number of carbonyl (C=O) groups is 1. The number of hydrogen-bond donors (Lipinski definition) is 1. The van der Waals surface area contributed by atoms with Crippen LogP contribution in [0.4, 0.5) is 0 Å². The third kappa shape index (κ3) is 6.05. The molecule has 0 aromatic rings. The number of ketones is 1. The van der Waals surface area contributed by atoms with Crippen molar-refractivity contribution in [2.24, 2.45) is 5.92 Å². The summed E-state index contributed by atoms with van der Waals surface area (Å²) in [5.41, 5.74) is 0.0462. The predicted octanol–water partition coefficient (Wildman–Crippen LogP) is 1.60. The van der Waals surface area contributed by atoms with Crippen LogP contribution in [0, 0.1) is 5.92 Å². The second kappa shape index (κ2) is 3.86. The minimum Gasteiger partial charge on any atom is -0.305 e. The Bertz CT molecular complexity index is 133. The SMILES string of the molecule is CC(C)C(=O)CNC(C)(C)C. The van der Waals surface area contributed by atoms with Crippen molar-refractivity contribution in [2.75, 3.05) is 6.54 Å². The van der Waals surface area contributed by atoms with Gasteiger partial charge in [-0.05, 0) is 20.8 Å². The van der Waals surface area contributed by atoms with E-state index < -0.39 is 0 Å². The van der Waals surface area contributed by atoms with Gasteiger partial charge >= 0.3 is 0 Å². The van der Waals surface area contributed by atoms with Crippen molar-refractivity contribution in [1.82, 2.24) is 5.32 Å². The Morgan fingerprint density at radius 2 is 1.82 bits per heavy atom. The standard InChI is InChI=1S/C9H19NO/c1-7(2)8(11)6-10-9(3,4)5/h7,10H,6H2,1-5H3. The predicted molar refractivity (Wildman–Crippen MR) is 47.6 cm³/mol. The van der Waals surface area contributed by atoms with E-state index in [-0.39, 0.29) is 17.2 Å². The molecule has 0 fully saturated rings. The first-order valence-corrected chi connectivity index (χ1v) is 4.10. The number of rotatable bonds is 3. The molecule has 0 radical (unpaired) electrons. The molecule has 0 saturated heterocycles. The highest BCUT2D eigenvalue weighted by Gasteiger charge is 2.12. The van der Waals surface area contributed by atoms with E-state index in [1.807, 2.05) is 13.8 Å². The fraction of sp³-hybridized carbons (Fsp3) is 0.889. The van der Waals surface area contributed by atoms with Crippen molar-refractivity contribution >= 4 is 5.78 Å². The van der Waals surface area contributed by atoms with Crippen LogP contribution in [0.5, 0.6) is 0 Å². The summed E-state index contributed by atoms with van der Waals surface area (Å²) >= 11 is 0. The summed E-state index contributed by atoms with van der Waals surface area (Å²) in [6, 6.07) is 0. The van der Waals surface area contributed by atoms with Crippen LogP contribution in [-0.4, -0.2) is 17.9 Å². The maximum atomic E-state index is 11.1. The van der Waals surface area contributed by atoms with E-state index in [4.69, 9.17) is 0 Å². The zero-order valence-electron chi connectivity index (χ0n) is 8.19. The van der Waals surface area contributed by atoms with Gasteiger partial charge in [-0.3, -0.25) is 4.79 Å². The van der Waals surface area contributed by atoms with Crippen LogP contribution in [0.25, 0.3) is 0 Å². The van der Waals surface area contributed by atoms with Crippen LogP contribution in [0.3, 0.4) is 0 Å². The highest BCUT2D eigenvalue weighted by molar-refractivity contribution is 5.82. The van der Waals surface area contributed by atoms with E-state index in [0.717, 1.165) is 0 Å². The van der Waals surface area contributed by atoms with Crippen LogP contribution in [-0.2, 0) is 4.79 Å². The Balaban J connectivity index is 3.64. The molecule has 0 spiro atoms. The molecule has 0 heterocycles. The van der Waals surface area contributed by atoms with Gasteiger partial charge in [-0.2, -0.15) is 0 Å². The number of Topliss-reactive ketones (excluding diaryl/α,β-unsaturated/α-hetero) is 1. The van der Waals surface area contributed by atoms with Gasteiger partial charge in [-0.25, -0.2) is 0 Å². The van der Waals surface area contributed by atoms with Gasteiger partial charge < -0.3 is 5.32 Å². The maximum absolute atomic E-state index is 11.1. The summed E-state index contributed by atoms with van der Waals surface area (Å²) < 4.78 is 0. The molecule has 0 aromatic carbocycles. The molecule has 0 aliphatic heterocycles. The van der Waals surface area contributed by atoms with Crippen LogP contribution < -0.4 is 5.32 Å². The first kappa shape index (κ1) is 10.6. The molecule has 1 N–H and O–H groups in total. The largest absolute Gasteiger partial charge is 0.305 e. The van der Waals surface area contributed by atoms with Gasteiger partial charge in [-0.1, -0.05) is 13.8 Å². The van der Waals surface area contributed by atoms with Crippen LogP contribution in [0.2, 0.25) is 0 Å². The van der Waals surface area contributed by atoms with Crippen LogP contribution >= 0.6 is 0 Å². The van der Waals surface area contributed by atoms with Gasteiger partial charge in [0, 0.05) is 11.5 Å². The molecule has 0 rings (SSSR count). The molecule has 11 heavy (non-hydrogen) atoms. The minimum absolute atomic E-state index is 0.0462. The van der Waals surface area contributed by atoms with Crippen molar-refractivity contribution in [3.63, 3.8) is 0 Å². The Morgan fingerprint density at radius 1 is 1.36 bits per heavy atom. The molecule has 66 valence electrons. The summed E-state index contributed by atoms with van der Waals surface area (Å²) in [7, 11) is 0. The van der Waals surface area contributed by atoms with E-state index in [9.17, 15) is 4.79 Å². The zero-order valence-corrected chi connectivity index (χ0v) is 8.19. The van der Waals surface area contributed by atoms with E-state index in [1.165, 1.54) is 0 Å². The average Bonchev–Trinajstić information content (AvgIpc) is 1.80. The number of hydrogen-bond acceptors (Lipinski definition) is 2. The molecule has 0 unspecified atom stereocenters. The summed E-state index contributed by atoms with van der Waals surface area (Å²) in [5.74, 6) is 0.421. The zero-order chi connectivity index (χ0) is 9.07. The Morgan fingerprint density at radius 3 is 2.09 bits per heavy atom. The fourth-order valence-corrected chi connectivity index (χ4v) is 0.556. The summed E-state index contributed by atoms with van der Waals surface area (Å²) in [5, 5.41) is 3.15.